The maximum Gasteiger partial charge on any atom is 0.227 e. The van der Waals surface area contributed by atoms with Gasteiger partial charge in [0.25, 0.3) is 0 Å². The van der Waals surface area contributed by atoms with E-state index in [1.807, 2.05) is 11.9 Å². The van der Waals surface area contributed by atoms with E-state index >= 15 is 0 Å². The van der Waals surface area contributed by atoms with E-state index in [1.54, 1.807) is 6.07 Å². The number of halogens is 2. The molecule has 1 aromatic carbocycles. The maximum absolute atomic E-state index is 14.7. The second kappa shape index (κ2) is 7.97. The molecule has 1 N–H and O–H groups in total. The molecular formula is C20H28ClFN6. The fourth-order valence-corrected chi connectivity index (χ4v) is 4.44. The van der Waals surface area contributed by atoms with Crippen molar-refractivity contribution >= 4 is 34.3 Å². The molecule has 0 amide bonds. The fourth-order valence-electron chi connectivity index (χ4n) is 4.24. The molecule has 0 saturated carbocycles. The standard InChI is InChI=1S/C20H28ClFN6/c1-26(2)7-4-8-27(3)20-24-18-16(9-13(21)10-17(18)22)19(25-20)28-11-14-5-6-15(12-28)23-14/h9-10,14-15,23H,4-8,11-12H2,1-3H3/t14-,15+. The lowest BCUT2D eigenvalue weighted by Gasteiger charge is -2.34. The molecule has 2 bridgehead atoms. The zero-order valence-corrected chi connectivity index (χ0v) is 17.5. The monoisotopic (exact) mass is 406 g/mol. The van der Waals surface area contributed by atoms with E-state index in [4.69, 9.17) is 16.6 Å². The van der Waals surface area contributed by atoms with Gasteiger partial charge in [0.1, 0.15) is 11.3 Å². The third-order valence-corrected chi connectivity index (χ3v) is 5.86. The van der Waals surface area contributed by atoms with Crippen molar-refractivity contribution in [1.82, 2.24) is 20.2 Å². The molecule has 8 heteroatoms. The third-order valence-electron chi connectivity index (χ3n) is 5.64. The smallest absolute Gasteiger partial charge is 0.227 e. The quantitative estimate of drug-likeness (QED) is 0.796. The van der Waals surface area contributed by atoms with Crippen molar-refractivity contribution in [1.29, 1.82) is 0 Å². The molecule has 2 aliphatic heterocycles. The van der Waals surface area contributed by atoms with Crippen LogP contribution < -0.4 is 15.1 Å². The molecule has 1 aromatic heterocycles. The first-order chi connectivity index (χ1) is 13.4. The molecular weight excluding hydrogens is 379 g/mol. The minimum Gasteiger partial charge on any atom is -0.353 e. The van der Waals surface area contributed by atoms with Crippen LogP contribution in [0.2, 0.25) is 5.02 Å². The Hall–Kier alpha value is -1.70. The summed E-state index contributed by atoms with van der Waals surface area (Å²) in [7, 11) is 6.08. The van der Waals surface area contributed by atoms with Crippen LogP contribution in [-0.2, 0) is 0 Å². The number of piperazine rings is 1. The molecule has 0 unspecified atom stereocenters. The normalized spacial score (nSPS) is 21.7. The molecule has 28 heavy (non-hydrogen) atoms. The lowest BCUT2D eigenvalue weighted by atomic mass is 10.1. The topological polar surface area (TPSA) is 47.5 Å². The number of rotatable bonds is 6. The van der Waals surface area contributed by atoms with Crippen LogP contribution in [0.15, 0.2) is 12.1 Å². The molecule has 2 aromatic rings. The maximum atomic E-state index is 14.7. The Morgan fingerprint density at radius 2 is 1.86 bits per heavy atom. The molecule has 2 atom stereocenters. The summed E-state index contributed by atoms with van der Waals surface area (Å²) in [4.78, 5) is 15.9. The Morgan fingerprint density at radius 1 is 1.14 bits per heavy atom. The minimum atomic E-state index is -0.396. The first-order valence-electron chi connectivity index (χ1n) is 9.94. The van der Waals surface area contributed by atoms with Gasteiger partial charge in [0, 0.05) is 49.2 Å². The highest BCUT2D eigenvalue weighted by molar-refractivity contribution is 6.31. The summed E-state index contributed by atoms with van der Waals surface area (Å²) in [5, 5.41) is 4.70. The van der Waals surface area contributed by atoms with Gasteiger partial charge >= 0.3 is 0 Å². The first-order valence-corrected chi connectivity index (χ1v) is 10.3. The van der Waals surface area contributed by atoms with Gasteiger partial charge in [-0.05, 0) is 52.0 Å². The van der Waals surface area contributed by atoms with Crippen LogP contribution in [0.1, 0.15) is 19.3 Å². The number of fused-ring (bicyclic) bond motifs is 3. The number of hydrogen-bond donors (Lipinski definition) is 1. The zero-order valence-electron chi connectivity index (χ0n) is 16.8. The Labute approximate surface area is 170 Å². The molecule has 3 heterocycles. The van der Waals surface area contributed by atoms with E-state index in [0.717, 1.165) is 38.4 Å². The molecule has 2 aliphatic rings. The van der Waals surface area contributed by atoms with Crippen molar-refractivity contribution in [3.8, 4) is 0 Å². The van der Waals surface area contributed by atoms with Crippen molar-refractivity contribution in [2.75, 3.05) is 57.1 Å². The van der Waals surface area contributed by atoms with Crippen molar-refractivity contribution in [2.24, 2.45) is 0 Å². The number of nitrogens with zero attached hydrogens (tertiary/aromatic N) is 5. The van der Waals surface area contributed by atoms with Crippen LogP contribution in [0.4, 0.5) is 16.2 Å². The molecule has 0 spiro atoms. The highest BCUT2D eigenvalue weighted by atomic mass is 35.5. The predicted octanol–water partition coefficient (Wildman–Crippen LogP) is 2.75. The second-order valence-corrected chi connectivity index (χ2v) is 8.69. The van der Waals surface area contributed by atoms with Crippen LogP contribution in [0, 0.1) is 5.82 Å². The van der Waals surface area contributed by atoms with Gasteiger partial charge in [0.2, 0.25) is 5.95 Å². The van der Waals surface area contributed by atoms with Gasteiger partial charge in [-0.1, -0.05) is 11.6 Å². The van der Waals surface area contributed by atoms with E-state index in [9.17, 15) is 4.39 Å². The van der Waals surface area contributed by atoms with E-state index in [1.165, 1.54) is 18.9 Å². The molecule has 6 nitrogen and oxygen atoms in total. The molecule has 2 fully saturated rings. The predicted molar refractivity (Wildman–Crippen MR) is 113 cm³/mol. The SMILES string of the molecule is CN(C)CCCN(C)c1nc(N2C[C@H]3CC[C@@H](C2)N3)c2cc(Cl)cc(F)c2n1. The Bertz CT molecular complexity index is 848. The molecule has 2 saturated heterocycles. The van der Waals surface area contributed by atoms with Gasteiger partial charge in [0.05, 0.1) is 0 Å². The summed E-state index contributed by atoms with van der Waals surface area (Å²) < 4.78 is 14.7. The summed E-state index contributed by atoms with van der Waals surface area (Å²) >= 11 is 6.16. The van der Waals surface area contributed by atoms with Crippen molar-refractivity contribution < 1.29 is 4.39 Å². The third kappa shape index (κ3) is 4.02. The lowest BCUT2D eigenvalue weighted by molar-refractivity contribution is 0.401. The van der Waals surface area contributed by atoms with E-state index in [-0.39, 0.29) is 0 Å². The van der Waals surface area contributed by atoms with Crippen LogP contribution in [-0.4, -0.2) is 74.3 Å². The minimum absolute atomic E-state index is 0.342. The van der Waals surface area contributed by atoms with Crippen LogP contribution >= 0.6 is 11.6 Å². The fraction of sp³-hybridized carbons (Fsp3) is 0.600. The highest BCUT2D eigenvalue weighted by Crippen LogP contribution is 2.33. The summed E-state index contributed by atoms with van der Waals surface area (Å²) in [6, 6.07) is 4.05. The summed E-state index contributed by atoms with van der Waals surface area (Å²) in [5.41, 5.74) is 0.342. The number of nitrogens with one attached hydrogen (secondary N) is 1. The van der Waals surface area contributed by atoms with Gasteiger partial charge in [-0.2, -0.15) is 4.98 Å². The number of anilines is 2. The average Bonchev–Trinajstić information content (AvgIpc) is 2.98. The average molecular weight is 407 g/mol. The van der Waals surface area contributed by atoms with Crippen molar-refractivity contribution in [2.45, 2.75) is 31.3 Å². The summed E-state index contributed by atoms with van der Waals surface area (Å²) in [6.45, 7) is 3.54. The van der Waals surface area contributed by atoms with Gasteiger partial charge in [-0.25, -0.2) is 9.37 Å². The van der Waals surface area contributed by atoms with Crippen LogP contribution in [0.3, 0.4) is 0 Å². The summed E-state index contributed by atoms with van der Waals surface area (Å²) in [6.07, 6.45) is 3.34. The molecule has 4 rings (SSSR count). The van der Waals surface area contributed by atoms with Gasteiger partial charge in [0.15, 0.2) is 5.82 Å². The number of hydrogen-bond acceptors (Lipinski definition) is 6. The molecule has 152 valence electrons. The van der Waals surface area contributed by atoms with Crippen LogP contribution in [0.25, 0.3) is 10.9 Å². The van der Waals surface area contributed by atoms with Crippen LogP contribution in [0.5, 0.6) is 0 Å². The van der Waals surface area contributed by atoms with Gasteiger partial charge < -0.3 is 20.0 Å². The summed E-state index contributed by atoms with van der Waals surface area (Å²) in [5.74, 6) is 0.958. The Kier molecular flexibility index (Phi) is 5.58. The zero-order chi connectivity index (χ0) is 19.8. The van der Waals surface area contributed by atoms with Gasteiger partial charge in [-0.3, -0.25) is 0 Å². The van der Waals surface area contributed by atoms with E-state index < -0.39 is 5.82 Å². The van der Waals surface area contributed by atoms with Crippen molar-refractivity contribution in [3.63, 3.8) is 0 Å². The number of benzene rings is 1. The first kappa shape index (κ1) is 19.6. The van der Waals surface area contributed by atoms with E-state index in [0.29, 0.717) is 34.0 Å². The number of aromatic nitrogens is 2. The Morgan fingerprint density at radius 3 is 2.54 bits per heavy atom. The highest BCUT2D eigenvalue weighted by Gasteiger charge is 2.34. The van der Waals surface area contributed by atoms with Gasteiger partial charge in [-0.15, -0.1) is 0 Å². The molecule has 0 radical (unpaired) electrons. The molecule has 0 aliphatic carbocycles. The van der Waals surface area contributed by atoms with Crippen molar-refractivity contribution in [3.05, 3.63) is 23.0 Å². The largest absolute Gasteiger partial charge is 0.353 e. The lowest BCUT2D eigenvalue weighted by Crippen LogP contribution is -2.51. The second-order valence-electron chi connectivity index (χ2n) is 8.25. The Balaban J connectivity index is 1.71. The van der Waals surface area contributed by atoms with E-state index in [2.05, 4.69) is 34.2 Å².